The summed E-state index contributed by atoms with van der Waals surface area (Å²) in [6.07, 6.45) is 1.57. The van der Waals surface area contributed by atoms with Crippen molar-refractivity contribution >= 4 is 22.7 Å². The SMILES string of the molecule is CC(C)(Nc1c([N+](=O)[O-])ccc(F)c1F)c1nccs1. The second kappa shape index (κ2) is 5.12. The van der Waals surface area contributed by atoms with E-state index in [-0.39, 0.29) is 0 Å². The van der Waals surface area contributed by atoms with Gasteiger partial charge >= 0.3 is 0 Å². The van der Waals surface area contributed by atoms with Crippen molar-refractivity contribution in [2.45, 2.75) is 19.4 Å². The maximum atomic E-state index is 13.8. The summed E-state index contributed by atoms with van der Waals surface area (Å²) in [5.74, 6) is -2.42. The quantitative estimate of drug-likeness (QED) is 0.690. The van der Waals surface area contributed by atoms with Crippen LogP contribution in [0.25, 0.3) is 0 Å². The minimum absolute atomic E-state index is 0.477. The molecule has 0 fully saturated rings. The highest BCUT2D eigenvalue weighted by atomic mass is 32.1. The van der Waals surface area contributed by atoms with Gasteiger partial charge in [0.05, 0.1) is 10.5 Å². The van der Waals surface area contributed by atoms with Gasteiger partial charge in [-0.3, -0.25) is 10.1 Å². The van der Waals surface area contributed by atoms with E-state index < -0.39 is 33.5 Å². The first-order chi connectivity index (χ1) is 9.33. The van der Waals surface area contributed by atoms with Crippen LogP contribution in [0.2, 0.25) is 0 Å². The number of nitrogens with zero attached hydrogens (tertiary/aromatic N) is 2. The van der Waals surface area contributed by atoms with E-state index in [1.54, 1.807) is 25.4 Å². The summed E-state index contributed by atoms with van der Waals surface area (Å²) in [6.45, 7) is 3.36. The van der Waals surface area contributed by atoms with Crippen LogP contribution in [-0.4, -0.2) is 9.91 Å². The molecule has 0 spiro atoms. The molecule has 0 aliphatic rings. The van der Waals surface area contributed by atoms with Crippen LogP contribution < -0.4 is 5.32 Å². The maximum Gasteiger partial charge on any atom is 0.295 e. The average molecular weight is 299 g/mol. The fourth-order valence-corrected chi connectivity index (χ4v) is 2.43. The third-order valence-corrected chi connectivity index (χ3v) is 3.77. The number of rotatable bonds is 4. The maximum absolute atomic E-state index is 13.8. The molecule has 1 heterocycles. The van der Waals surface area contributed by atoms with Crippen LogP contribution in [0.3, 0.4) is 0 Å². The summed E-state index contributed by atoms with van der Waals surface area (Å²) in [5, 5.41) is 15.9. The Kier molecular flexibility index (Phi) is 3.67. The van der Waals surface area contributed by atoms with Gasteiger partial charge in [0.2, 0.25) is 0 Å². The molecule has 0 radical (unpaired) electrons. The molecule has 0 unspecified atom stereocenters. The highest BCUT2D eigenvalue weighted by Crippen LogP contribution is 2.35. The molecule has 20 heavy (non-hydrogen) atoms. The summed E-state index contributed by atoms with van der Waals surface area (Å²) < 4.78 is 27.1. The van der Waals surface area contributed by atoms with Crippen LogP contribution in [0.4, 0.5) is 20.2 Å². The Morgan fingerprint density at radius 2 is 2.10 bits per heavy atom. The van der Waals surface area contributed by atoms with Crippen LogP contribution in [0.15, 0.2) is 23.7 Å². The molecule has 106 valence electrons. The number of hydrogen-bond donors (Lipinski definition) is 1. The van der Waals surface area contributed by atoms with Crippen molar-refractivity contribution in [3.05, 3.63) is 50.5 Å². The van der Waals surface area contributed by atoms with Crippen molar-refractivity contribution < 1.29 is 13.7 Å². The molecule has 0 saturated carbocycles. The average Bonchev–Trinajstić information content (AvgIpc) is 2.89. The molecule has 0 aliphatic heterocycles. The van der Waals surface area contributed by atoms with Gasteiger partial charge in [-0.1, -0.05) is 0 Å². The number of anilines is 1. The Balaban J connectivity index is 2.48. The molecule has 2 rings (SSSR count). The highest BCUT2D eigenvalue weighted by molar-refractivity contribution is 7.09. The zero-order valence-corrected chi connectivity index (χ0v) is 11.5. The van der Waals surface area contributed by atoms with Crippen molar-refractivity contribution in [1.82, 2.24) is 4.98 Å². The molecule has 1 N–H and O–H groups in total. The fourth-order valence-electron chi connectivity index (χ4n) is 1.71. The smallest absolute Gasteiger partial charge is 0.295 e. The van der Waals surface area contributed by atoms with Gasteiger partial charge in [-0.2, -0.15) is 0 Å². The number of benzene rings is 1. The third-order valence-electron chi connectivity index (χ3n) is 2.67. The monoisotopic (exact) mass is 299 g/mol. The molecule has 2 aromatic rings. The number of aromatic nitrogens is 1. The van der Waals surface area contributed by atoms with E-state index in [2.05, 4.69) is 10.3 Å². The van der Waals surface area contributed by atoms with Gasteiger partial charge in [0, 0.05) is 17.6 Å². The first-order valence-corrected chi connectivity index (χ1v) is 6.51. The van der Waals surface area contributed by atoms with Crippen molar-refractivity contribution in [3.8, 4) is 0 Å². The molecule has 5 nitrogen and oxygen atoms in total. The second-order valence-corrected chi connectivity index (χ2v) is 5.49. The van der Waals surface area contributed by atoms with Crippen molar-refractivity contribution in [2.75, 3.05) is 5.32 Å². The molecule has 0 bridgehead atoms. The van der Waals surface area contributed by atoms with Gasteiger partial charge in [0.1, 0.15) is 5.01 Å². The van der Waals surface area contributed by atoms with E-state index in [1.807, 2.05) is 0 Å². The number of hydrogen-bond acceptors (Lipinski definition) is 5. The van der Waals surface area contributed by atoms with E-state index in [9.17, 15) is 18.9 Å². The number of thiazole rings is 1. The standard InChI is InChI=1S/C12H11F2N3O2S/c1-12(2,11-15-5-6-20-11)16-10-8(17(18)19)4-3-7(13)9(10)14/h3-6,16H,1-2H3. The summed E-state index contributed by atoms with van der Waals surface area (Å²) in [6, 6.07) is 1.66. The Bertz CT molecular complexity index is 644. The third kappa shape index (κ3) is 2.60. The van der Waals surface area contributed by atoms with Gasteiger partial charge in [0.15, 0.2) is 17.3 Å². The Labute approximate surface area is 117 Å². The first kappa shape index (κ1) is 14.3. The number of nitro groups is 1. The van der Waals surface area contributed by atoms with Crippen molar-refractivity contribution in [3.63, 3.8) is 0 Å². The number of halogens is 2. The van der Waals surface area contributed by atoms with Crippen LogP contribution in [0.1, 0.15) is 18.9 Å². The van der Waals surface area contributed by atoms with E-state index in [0.29, 0.717) is 5.01 Å². The molecular weight excluding hydrogens is 288 g/mol. The topological polar surface area (TPSA) is 68.1 Å². The van der Waals surface area contributed by atoms with Gasteiger partial charge in [-0.15, -0.1) is 11.3 Å². The van der Waals surface area contributed by atoms with Crippen molar-refractivity contribution in [2.24, 2.45) is 0 Å². The van der Waals surface area contributed by atoms with Crippen LogP contribution in [0, 0.1) is 21.7 Å². The zero-order valence-electron chi connectivity index (χ0n) is 10.7. The predicted molar refractivity (Wildman–Crippen MR) is 71.8 cm³/mol. The fraction of sp³-hybridized carbons (Fsp3) is 0.250. The van der Waals surface area contributed by atoms with Crippen molar-refractivity contribution in [1.29, 1.82) is 0 Å². The Morgan fingerprint density at radius 1 is 1.40 bits per heavy atom. The normalized spacial score (nSPS) is 11.4. The van der Waals surface area contributed by atoms with Crippen LogP contribution in [-0.2, 0) is 5.54 Å². The summed E-state index contributed by atoms with van der Waals surface area (Å²) >= 11 is 1.31. The van der Waals surface area contributed by atoms with Crippen LogP contribution >= 0.6 is 11.3 Å². The molecule has 0 amide bonds. The summed E-state index contributed by atoms with van der Waals surface area (Å²) in [4.78, 5) is 14.2. The van der Waals surface area contributed by atoms with E-state index in [0.717, 1.165) is 12.1 Å². The minimum Gasteiger partial charge on any atom is -0.366 e. The van der Waals surface area contributed by atoms with E-state index in [4.69, 9.17) is 0 Å². The molecular formula is C12H11F2N3O2S. The van der Waals surface area contributed by atoms with Gasteiger partial charge < -0.3 is 5.32 Å². The van der Waals surface area contributed by atoms with E-state index >= 15 is 0 Å². The minimum atomic E-state index is -1.27. The highest BCUT2D eigenvalue weighted by Gasteiger charge is 2.30. The first-order valence-electron chi connectivity index (χ1n) is 5.63. The number of nitro benzene ring substituents is 1. The zero-order chi connectivity index (χ0) is 14.9. The summed E-state index contributed by atoms with van der Waals surface area (Å²) in [5.41, 5.74) is -1.86. The molecule has 1 aromatic heterocycles. The van der Waals surface area contributed by atoms with Gasteiger partial charge in [-0.05, 0) is 19.9 Å². The van der Waals surface area contributed by atoms with E-state index in [1.165, 1.54) is 11.3 Å². The lowest BCUT2D eigenvalue weighted by Crippen LogP contribution is -2.29. The lowest BCUT2D eigenvalue weighted by molar-refractivity contribution is -0.384. The van der Waals surface area contributed by atoms with Gasteiger partial charge in [0.25, 0.3) is 5.69 Å². The number of nitrogens with one attached hydrogen (secondary N) is 1. The Hall–Kier alpha value is -2.09. The predicted octanol–water partition coefficient (Wildman–Crippen LogP) is 3.68. The Morgan fingerprint density at radius 3 is 2.65 bits per heavy atom. The molecule has 0 atom stereocenters. The lowest BCUT2D eigenvalue weighted by Gasteiger charge is -2.25. The molecule has 0 saturated heterocycles. The largest absolute Gasteiger partial charge is 0.366 e. The summed E-state index contributed by atoms with van der Waals surface area (Å²) in [7, 11) is 0. The van der Waals surface area contributed by atoms with Gasteiger partial charge in [-0.25, -0.2) is 13.8 Å². The molecule has 0 aliphatic carbocycles. The molecule has 8 heteroatoms. The second-order valence-electron chi connectivity index (χ2n) is 4.60. The lowest BCUT2D eigenvalue weighted by atomic mass is 10.1. The molecule has 1 aromatic carbocycles. The van der Waals surface area contributed by atoms with Crippen LogP contribution in [0.5, 0.6) is 0 Å².